The molecule has 1 aliphatic heterocycles. The number of carbonyl (C=O) groups is 1. The Kier molecular flexibility index (Phi) is 9.58. The fraction of sp³-hybridized carbons (Fsp3) is 0.704. The number of hydrogen-bond acceptors (Lipinski definition) is 3. The lowest BCUT2D eigenvalue weighted by molar-refractivity contribution is 0.0751. The zero-order valence-electron chi connectivity index (χ0n) is 20.9. The number of aryl methyl sites for hydroxylation is 1. The van der Waals surface area contributed by atoms with Gasteiger partial charge in [-0.15, -0.1) is 0 Å². The van der Waals surface area contributed by atoms with Gasteiger partial charge in [0.15, 0.2) is 0 Å². The van der Waals surface area contributed by atoms with Crippen LogP contribution in [0.3, 0.4) is 0 Å². The maximum absolute atomic E-state index is 13.4. The number of nitrogens with zero attached hydrogens (tertiary/aromatic N) is 4. The van der Waals surface area contributed by atoms with Crippen LogP contribution < -0.4 is 0 Å². The maximum Gasteiger partial charge on any atom is 0.253 e. The van der Waals surface area contributed by atoms with Crippen molar-refractivity contribution in [3.63, 3.8) is 0 Å². The van der Waals surface area contributed by atoms with Gasteiger partial charge in [-0.25, -0.2) is 4.98 Å². The van der Waals surface area contributed by atoms with Gasteiger partial charge in [0.1, 0.15) is 5.82 Å². The SMILES string of the molecule is CCCCN(CCCC)C(=O)c1ccc2nc(C(C)C)n(CCCN3CCCCC3)c2c1. The average molecular weight is 441 g/mol. The minimum atomic E-state index is 0.168. The lowest BCUT2D eigenvalue weighted by Gasteiger charge is -2.26. The Morgan fingerprint density at radius 3 is 2.31 bits per heavy atom. The van der Waals surface area contributed by atoms with E-state index in [1.165, 1.54) is 32.4 Å². The van der Waals surface area contributed by atoms with Gasteiger partial charge in [0.05, 0.1) is 11.0 Å². The number of piperidine rings is 1. The molecule has 0 radical (unpaired) electrons. The molecule has 1 aliphatic rings. The van der Waals surface area contributed by atoms with E-state index in [1.807, 2.05) is 12.1 Å². The van der Waals surface area contributed by atoms with E-state index >= 15 is 0 Å². The van der Waals surface area contributed by atoms with Gasteiger partial charge in [-0.1, -0.05) is 47.0 Å². The first-order valence-corrected chi connectivity index (χ1v) is 13.1. The number of carbonyl (C=O) groups excluding carboxylic acids is 1. The van der Waals surface area contributed by atoms with E-state index in [1.54, 1.807) is 0 Å². The molecular formula is C27H44N4O. The van der Waals surface area contributed by atoms with E-state index in [-0.39, 0.29) is 5.91 Å². The molecule has 5 nitrogen and oxygen atoms in total. The van der Waals surface area contributed by atoms with Crippen LogP contribution in [-0.4, -0.2) is 58.0 Å². The first-order chi connectivity index (χ1) is 15.5. The molecule has 0 aliphatic carbocycles. The summed E-state index contributed by atoms with van der Waals surface area (Å²) in [5.74, 6) is 1.67. The average Bonchev–Trinajstić information content (AvgIpc) is 3.18. The highest BCUT2D eigenvalue weighted by Gasteiger charge is 2.19. The maximum atomic E-state index is 13.4. The molecular weight excluding hydrogens is 396 g/mol. The molecule has 178 valence electrons. The van der Waals surface area contributed by atoms with Crippen LogP contribution in [0.5, 0.6) is 0 Å². The lowest BCUT2D eigenvalue weighted by atomic mass is 10.1. The number of unbranched alkanes of at least 4 members (excludes halogenated alkanes) is 2. The van der Waals surface area contributed by atoms with Gasteiger partial charge >= 0.3 is 0 Å². The van der Waals surface area contributed by atoms with E-state index < -0.39 is 0 Å². The van der Waals surface area contributed by atoms with Crippen LogP contribution in [-0.2, 0) is 6.54 Å². The normalized spacial score (nSPS) is 15.0. The number of fused-ring (bicyclic) bond motifs is 1. The number of aromatic nitrogens is 2. The van der Waals surface area contributed by atoms with Gasteiger partial charge in [0, 0.05) is 31.1 Å². The van der Waals surface area contributed by atoms with Crippen molar-refractivity contribution in [1.29, 1.82) is 0 Å². The summed E-state index contributed by atoms with van der Waals surface area (Å²) in [4.78, 5) is 23.0. The minimum absolute atomic E-state index is 0.168. The molecule has 0 saturated carbocycles. The summed E-state index contributed by atoms with van der Waals surface area (Å²) >= 11 is 0. The third-order valence-electron chi connectivity index (χ3n) is 6.70. The molecule has 1 aromatic carbocycles. The Bertz CT molecular complexity index is 843. The standard InChI is InChI=1S/C27H44N4O/c1-5-7-18-30(19-8-6-2)27(32)23-13-14-24-25(21-23)31(26(28-24)22(3)4)20-12-17-29-15-10-9-11-16-29/h13-14,21-22H,5-12,15-20H2,1-4H3. The quantitative estimate of drug-likeness (QED) is 0.402. The molecule has 0 bridgehead atoms. The first kappa shape index (κ1) is 24.8. The van der Waals surface area contributed by atoms with Crippen molar-refractivity contribution < 1.29 is 4.79 Å². The molecule has 1 amide bonds. The zero-order chi connectivity index (χ0) is 22.9. The van der Waals surface area contributed by atoms with Crippen LogP contribution in [0, 0.1) is 0 Å². The Balaban J connectivity index is 1.81. The fourth-order valence-corrected chi connectivity index (χ4v) is 4.78. The van der Waals surface area contributed by atoms with Gasteiger partial charge in [-0.2, -0.15) is 0 Å². The third kappa shape index (κ3) is 6.34. The largest absolute Gasteiger partial charge is 0.339 e. The molecule has 0 atom stereocenters. The molecule has 0 N–H and O–H groups in total. The summed E-state index contributed by atoms with van der Waals surface area (Å²) in [6, 6.07) is 6.13. The predicted molar refractivity (Wildman–Crippen MR) is 134 cm³/mol. The lowest BCUT2D eigenvalue weighted by Crippen LogP contribution is -2.33. The van der Waals surface area contributed by atoms with E-state index in [0.717, 1.165) is 80.7 Å². The van der Waals surface area contributed by atoms with Crippen molar-refractivity contribution in [2.24, 2.45) is 0 Å². The number of likely N-dealkylation sites (tertiary alicyclic amines) is 1. The van der Waals surface area contributed by atoms with Crippen molar-refractivity contribution in [2.45, 2.75) is 91.5 Å². The second kappa shape index (κ2) is 12.4. The zero-order valence-corrected chi connectivity index (χ0v) is 20.9. The van der Waals surface area contributed by atoms with E-state index in [2.05, 4.69) is 48.1 Å². The molecule has 3 rings (SSSR count). The van der Waals surface area contributed by atoms with Crippen LogP contribution >= 0.6 is 0 Å². The summed E-state index contributed by atoms with van der Waals surface area (Å²) in [5, 5.41) is 0. The van der Waals surface area contributed by atoms with Crippen LogP contribution in [0.2, 0.25) is 0 Å². The molecule has 0 spiro atoms. The topological polar surface area (TPSA) is 41.4 Å². The molecule has 1 fully saturated rings. The second-order valence-electron chi connectivity index (χ2n) is 9.73. The van der Waals surface area contributed by atoms with Crippen molar-refractivity contribution in [1.82, 2.24) is 19.4 Å². The number of rotatable bonds is 12. The fourth-order valence-electron chi connectivity index (χ4n) is 4.78. The molecule has 32 heavy (non-hydrogen) atoms. The Morgan fingerprint density at radius 2 is 1.69 bits per heavy atom. The summed E-state index contributed by atoms with van der Waals surface area (Å²) in [7, 11) is 0. The Hall–Kier alpha value is -1.88. The molecule has 0 unspecified atom stereocenters. The highest BCUT2D eigenvalue weighted by molar-refractivity contribution is 5.97. The van der Waals surface area contributed by atoms with Crippen LogP contribution in [0.4, 0.5) is 0 Å². The van der Waals surface area contributed by atoms with Crippen molar-refractivity contribution >= 4 is 16.9 Å². The summed E-state index contributed by atoms with van der Waals surface area (Å²) in [5.41, 5.74) is 2.93. The van der Waals surface area contributed by atoms with Crippen molar-refractivity contribution in [3.05, 3.63) is 29.6 Å². The van der Waals surface area contributed by atoms with Gasteiger partial charge in [0.25, 0.3) is 5.91 Å². The minimum Gasteiger partial charge on any atom is -0.339 e. The van der Waals surface area contributed by atoms with Gasteiger partial charge in [0.2, 0.25) is 0 Å². The van der Waals surface area contributed by atoms with Crippen LogP contribution in [0.15, 0.2) is 18.2 Å². The molecule has 2 heterocycles. The van der Waals surface area contributed by atoms with Gasteiger partial charge in [-0.05, 0) is 69.9 Å². The Morgan fingerprint density at radius 1 is 1.00 bits per heavy atom. The molecule has 2 aromatic rings. The highest BCUT2D eigenvalue weighted by Crippen LogP contribution is 2.24. The summed E-state index contributed by atoms with van der Waals surface area (Å²) in [6.45, 7) is 15.1. The number of imidazole rings is 1. The monoisotopic (exact) mass is 440 g/mol. The third-order valence-corrected chi connectivity index (χ3v) is 6.70. The molecule has 1 saturated heterocycles. The van der Waals surface area contributed by atoms with Gasteiger partial charge < -0.3 is 14.4 Å². The second-order valence-corrected chi connectivity index (χ2v) is 9.73. The smallest absolute Gasteiger partial charge is 0.253 e. The summed E-state index contributed by atoms with van der Waals surface area (Å²) in [6.07, 6.45) is 9.51. The number of amides is 1. The van der Waals surface area contributed by atoms with Crippen molar-refractivity contribution in [3.8, 4) is 0 Å². The molecule has 5 heteroatoms. The van der Waals surface area contributed by atoms with Crippen LogP contribution in [0.1, 0.15) is 101 Å². The van der Waals surface area contributed by atoms with Crippen molar-refractivity contribution in [2.75, 3.05) is 32.7 Å². The number of benzene rings is 1. The molecule has 1 aromatic heterocycles. The number of hydrogen-bond donors (Lipinski definition) is 0. The van der Waals surface area contributed by atoms with E-state index in [9.17, 15) is 4.79 Å². The predicted octanol–water partition coefficient (Wildman–Crippen LogP) is 6.08. The van der Waals surface area contributed by atoms with Gasteiger partial charge in [-0.3, -0.25) is 4.79 Å². The first-order valence-electron chi connectivity index (χ1n) is 13.1. The van der Waals surface area contributed by atoms with E-state index in [4.69, 9.17) is 4.98 Å². The van der Waals surface area contributed by atoms with Crippen LogP contribution in [0.25, 0.3) is 11.0 Å². The van der Waals surface area contributed by atoms with E-state index in [0.29, 0.717) is 5.92 Å². The highest BCUT2D eigenvalue weighted by atomic mass is 16.2. The summed E-state index contributed by atoms with van der Waals surface area (Å²) < 4.78 is 2.38. The Labute approximate surface area is 195 Å².